The normalized spacial score (nSPS) is 32.0. The predicted octanol–water partition coefficient (Wildman–Crippen LogP) is 1.25. The smallest absolute Gasteiger partial charge is 0.0471 e. The fourth-order valence-corrected chi connectivity index (χ4v) is 1.83. The molecule has 2 heteroatoms. The second-order valence-corrected chi connectivity index (χ2v) is 5.01. The van der Waals surface area contributed by atoms with Crippen LogP contribution in [0.2, 0.25) is 0 Å². The number of nitrogens with one attached hydrogen (secondary N) is 1. The summed E-state index contributed by atoms with van der Waals surface area (Å²) in [6.07, 6.45) is 1.17. The van der Waals surface area contributed by atoms with Gasteiger partial charge in [0.2, 0.25) is 0 Å². The van der Waals surface area contributed by atoms with E-state index >= 15 is 0 Å². The van der Waals surface area contributed by atoms with Crippen LogP contribution in [0.15, 0.2) is 0 Å². The molecule has 0 bridgehead atoms. The van der Waals surface area contributed by atoms with Gasteiger partial charge in [-0.05, 0) is 30.2 Å². The topological polar surface area (TPSA) is 32.3 Å². The Kier molecular flexibility index (Phi) is 3.13. The van der Waals surface area contributed by atoms with E-state index in [2.05, 4.69) is 26.1 Å². The molecule has 0 radical (unpaired) electrons. The van der Waals surface area contributed by atoms with Crippen molar-refractivity contribution in [3.8, 4) is 0 Å². The van der Waals surface area contributed by atoms with Gasteiger partial charge in [0.25, 0.3) is 0 Å². The van der Waals surface area contributed by atoms with Crippen LogP contribution in [-0.4, -0.2) is 24.8 Å². The van der Waals surface area contributed by atoms with Crippen LogP contribution in [0.3, 0.4) is 0 Å². The zero-order valence-electron chi connectivity index (χ0n) is 8.43. The molecule has 1 rings (SSSR count). The first-order valence-corrected chi connectivity index (χ1v) is 4.85. The van der Waals surface area contributed by atoms with Crippen molar-refractivity contribution >= 4 is 0 Å². The molecule has 2 atom stereocenters. The lowest BCUT2D eigenvalue weighted by Crippen LogP contribution is -2.42. The maximum Gasteiger partial charge on any atom is 0.0471 e. The number of rotatable bonds is 1. The van der Waals surface area contributed by atoms with Crippen LogP contribution in [-0.2, 0) is 0 Å². The lowest BCUT2D eigenvalue weighted by molar-refractivity contribution is 0.116. The van der Waals surface area contributed by atoms with Crippen molar-refractivity contribution in [2.24, 2.45) is 17.3 Å². The van der Waals surface area contributed by atoms with E-state index in [4.69, 9.17) is 5.11 Å². The predicted molar refractivity (Wildman–Crippen MR) is 51.0 cm³/mol. The van der Waals surface area contributed by atoms with E-state index in [0.29, 0.717) is 23.9 Å². The molecule has 12 heavy (non-hydrogen) atoms. The third-order valence-electron chi connectivity index (χ3n) is 2.92. The molecule has 2 N–H and O–H groups in total. The maximum atomic E-state index is 9.03. The van der Waals surface area contributed by atoms with E-state index in [1.54, 1.807) is 0 Å². The fourth-order valence-electron chi connectivity index (χ4n) is 1.83. The van der Waals surface area contributed by atoms with E-state index in [1.807, 2.05) is 0 Å². The van der Waals surface area contributed by atoms with Gasteiger partial charge in [0.1, 0.15) is 0 Å². The monoisotopic (exact) mass is 171 g/mol. The molecule has 0 spiro atoms. The van der Waals surface area contributed by atoms with Crippen LogP contribution in [0.5, 0.6) is 0 Å². The summed E-state index contributed by atoms with van der Waals surface area (Å²) in [4.78, 5) is 0. The molecule has 1 heterocycles. The van der Waals surface area contributed by atoms with Crippen molar-refractivity contribution < 1.29 is 5.11 Å². The summed E-state index contributed by atoms with van der Waals surface area (Å²) >= 11 is 0. The minimum atomic E-state index is 0.333. The van der Waals surface area contributed by atoms with Crippen LogP contribution in [0.4, 0.5) is 0 Å². The van der Waals surface area contributed by atoms with Gasteiger partial charge >= 0.3 is 0 Å². The Hall–Kier alpha value is -0.0800. The second-order valence-electron chi connectivity index (χ2n) is 5.01. The van der Waals surface area contributed by atoms with E-state index in [0.717, 1.165) is 13.1 Å². The van der Waals surface area contributed by atoms with E-state index in [-0.39, 0.29) is 0 Å². The lowest BCUT2D eigenvalue weighted by Gasteiger charge is -2.37. The zero-order valence-corrected chi connectivity index (χ0v) is 8.43. The number of piperidine rings is 1. The number of hydrogen-bond donors (Lipinski definition) is 2. The number of aliphatic hydroxyl groups is 1. The summed E-state index contributed by atoms with van der Waals surface area (Å²) in [5.41, 5.74) is 0.376. The molecule has 0 aliphatic carbocycles. The Morgan fingerprint density at radius 3 is 2.50 bits per heavy atom. The standard InChI is InChI=1S/C10H21NO/c1-10(2,3)9-4-8(7-12)5-11-6-9/h8-9,11-12H,4-7H2,1-3H3/t8-,9+/m1/s1. The highest BCUT2D eigenvalue weighted by Gasteiger charge is 2.29. The molecule has 72 valence electrons. The fraction of sp³-hybridized carbons (Fsp3) is 1.00. The van der Waals surface area contributed by atoms with Gasteiger partial charge in [0.15, 0.2) is 0 Å². The molecule has 1 aliphatic rings. The minimum Gasteiger partial charge on any atom is -0.396 e. The minimum absolute atomic E-state index is 0.333. The molecule has 1 aliphatic heterocycles. The number of aliphatic hydroxyl groups excluding tert-OH is 1. The Labute approximate surface area is 75.4 Å². The average Bonchev–Trinajstić information content (AvgIpc) is 2.03. The highest BCUT2D eigenvalue weighted by Crippen LogP contribution is 2.32. The quantitative estimate of drug-likeness (QED) is 0.622. The summed E-state index contributed by atoms with van der Waals surface area (Å²) < 4.78 is 0. The Bertz CT molecular complexity index is 139. The Balaban J connectivity index is 2.46. The van der Waals surface area contributed by atoms with Crippen molar-refractivity contribution in [3.63, 3.8) is 0 Å². The maximum absolute atomic E-state index is 9.03. The van der Waals surface area contributed by atoms with Gasteiger partial charge in [-0.2, -0.15) is 0 Å². The van der Waals surface area contributed by atoms with Gasteiger partial charge < -0.3 is 10.4 Å². The summed E-state index contributed by atoms with van der Waals surface area (Å²) in [7, 11) is 0. The molecule has 0 unspecified atom stereocenters. The van der Waals surface area contributed by atoms with Gasteiger partial charge in [-0.15, -0.1) is 0 Å². The van der Waals surface area contributed by atoms with E-state index in [9.17, 15) is 0 Å². The summed E-state index contributed by atoms with van der Waals surface area (Å²) in [6.45, 7) is 9.26. The van der Waals surface area contributed by atoms with E-state index in [1.165, 1.54) is 6.42 Å². The van der Waals surface area contributed by atoms with Crippen LogP contribution in [0, 0.1) is 17.3 Å². The van der Waals surface area contributed by atoms with Crippen LogP contribution >= 0.6 is 0 Å². The van der Waals surface area contributed by atoms with Crippen molar-refractivity contribution in [1.82, 2.24) is 5.32 Å². The third kappa shape index (κ3) is 2.46. The first kappa shape index (κ1) is 10.0. The van der Waals surface area contributed by atoms with Crippen molar-refractivity contribution in [2.75, 3.05) is 19.7 Å². The Morgan fingerprint density at radius 2 is 2.00 bits per heavy atom. The van der Waals surface area contributed by atoms with Gasteiger partial charge in [-0.1, -0.05) is 20.8 Å². The van der Waals surface area contributed by atoms with Crippen LogP contribution in [0.25, 0.3) is 0 Å². The first-order chi connectivity index (χ1) is 5.54. The number of hydrogen-bond acceptors (Lipinski definition) is 2. The Morgan fingerprint density at radius 1 is 1.33 bits per heavy atom. The SMILES string of the molecule is CC(C)(C)[C@@H]1CNC[C@H](CO)C1. The van der Waals surface area contributed by atoms with Crippen LogP contribution in [0.1, 0.15) is 27.2 Å². The van der Waals surface area contributed by atoms with Gasteiger partial charge in [0, 0.05) is 13.2 Å². The van der Waals surface area contributed by atoms with Crippen molar-refractivity contribution in [3.05, 3.63) is 0 Å². The molecular formula is C10H21NO. The summed E-state index contributed by atoms with van der Waals surface area (Å²) in [5.74, 6) is 1.19. The van der Waals surface area contributed by atoms with Crippen molar-refractivity contribution in [1.29, 1.82) is 0 Å². The molecule has 1 saturated heterocycles. The largest absolute Gasteiger partial charge is 0.396 e. The summed E-state index contributed by atoms with van der Waals surface area (Å²) in [5, 5.41) is 12.4. The average molecular weight is 171 g/mol. The molecule has 0 amide bonds. The lowest BCUT2D eigenvalue weighted by atomic mass is 9.74. The van der Waals surface area contributed by atoms with Crippen molar-refractivity contribution in [2.45, 2.75) is 27.2 Å². The van der Waals surface area contributed by atoms with Gasteiger partial charge in [-0.3, -0.25) is 0 Å². The third-order valence-corrected chi connectivity index (χ3v) is 2.92. The highest BCUT2D eigenvalue weighted by molar-refractivity contribution is 4.83. The van der Waals surface area contributed by atoms with Gasteiger partial charge in [-0.25, -0.2) is 0 Å². The zero-order chi connectivity index (χ0) is 9.19. The highest BCUT2D eigenvalue weighted by atomic mass is 16.3. The molecule has 2 nitrogen and oxygen atoms in total. The molecule has 0 aromatic carbocycles. The molecule has 0 aromatic rings. The van der Waals surface area contributed by atoms with Crippen LogP contribution < -0.4 is 5.32 Å². The summed E-state index contributed by atoms with van der Waals surface area (Å²) in [6, 6.07) is 0. The molecular weight excluding hydrogens is 150 g/mol. The second kappa shape index (κ2) is 3.75. The molecule has 0 saturated carbocycles. The van der Waals surface area contributed by atoms with Gasteiger partial charge in [0.05, 0.1) is 0 Å². The van der Waals surface area contributed by atoms with E-state index < -0.39 is 0 Å². The molecule has 0 aromatic heterocycles. The first-order valence-electron chi connectivity index (χ1n) is 4.85. The molecule has 1 fully saturated rings.